The summed E-state index contributed by atoms with van der Waals surface area (Å²) in [6, 6.07) is 18.2. The lowest BCUT2D eigenvalue weighted by atomic mass is 10.1. The molecule has 1 aliphatic heterocycles. The number of ether oxygens (including phenoxy) is 1. The van der Waals surface area contributed by atoms with Crippen molar-refractivity contribution < 1.29 is 9.84 Å². The largest absolute Gasteiger partial charge is 0.486 e. The fraction of sp³-hybridized carbons (Fsp3) is 0.250. The normalized spacial score (nSPS) is 22.4. The number of hydrogen-bond donors (Lipinski definition) is 2. The predicted octanol–water partition coefficient (Wildman–Crippen LogP) is 2.07. The molecule has 1 fully saturated rings. The van der Waals surface area contributed by atoms with Crippen LogP contribution in [0.25, 0.3) is 11.1 Å². The van der Waals surface area contributed by atoms with Crippen LogP contribution in [0.15, 0.2) is 54.6 Å². The van der Waals surface area contributed by atoms with E-state index in [1.54, 1.807) is 0 Å². The van der Waals surface area contributed by atoms with Crippen LogP contribution in [0.2, 0.25) is 0 Å². The number of benzene rings is 2. The summed E-state index contributed by atoms with van der Waals surface area (Å²) in [7, 11) is 0. The molecule has 1 saturated heterocycles. The number of nitrogens with one attached hydrogen (secondary N) is 1. The van der Waals surface area contributed by atoms with Crippen molar-refractivity contribution >= 4 is 0 Å². The first-order chi connectivity index (χ1) is 9.33. The minimum atomic E-state index is -0.422. The molecular formula is C16H17NO2. The third-order valence-corrected chi connectivity index (χ3v) is 3.38. The Bertz CT molecular complexity index is 524. The molecule has 2 N–H and O–H groups in total. The van der Waals surface area contributed by atoms with Crippen molar-refractivity contribution in [2.45, 2.75) is 12.2 Å². The number of rotatable bonds is 3. The van der Waals surface area contributed by atoms with E-state index in [4.69, 9.17) is 4.74 Å². The zero-order valence-electron chi connectivity index (χ0n) is 10.6. The predicted molar refractivity (Wildman–Crippen MR) is 75.2 cm³/mol. The van der Waals surface area contributed by atoms with E-state index in [1.807, 2.05) is 42.5 Å². The third kappa shape index (κ3) is 2.78. The van der Waals surface area contributed by atoms with Gasteiger partial charge in [-0.15, -0.1) is 0 Å². The number of aliphatic hydroxyl groups excluding tert-OH is 1. The van der Waals surface area contributed by atoms with E-state index in [-0.39, 0.29) is 6.10 Å². The van der Waals surface area contributed by atoms with Gasteiger partial charge in [0.2, 0.25) is 0 Å². The molecule has 3 nitrogen and oxygen atoms in total. The topological polar surface area (TPSA) is 41.5 Å². The van der Waals surface area contributed by atoms with Crippen LogP contribution in [0.3, 0.4) is 0 Å². The van der Waals surface area contributed by atoms with Crippen LogP contribution in [0.1, 0.15) is 0 Å². The van der Waals surface area contributed by atoms with Crippen molar-refractivity contribution in [3.63, 3.8) is 0 Å². The van der Waals surface area contributed by atoms with Crippen molar-refractivity contribution in [2.75, 3.05) is 13.1 Å². The second kappa shape index (κ2) is 5.43. The van der Waals surface area contributed by atoms with E-state index in [0.717, 1.165) is 11.3 Å². The second-order valence-electron chi connectivity index (χ2n) is 4.77. The molecule has 0 spiro atoms. The Balaban J connectivity index is 1.72. The first-order valence-electron chi connectivity index (χ1n) is 6.54. The minimum absolute atomic E-state index is 0.150. The molecule has 2 aromatic rings. The maximum atomic E-state index is 9.70. The van der Waals surface area contributed by atoms with Gasteiger partial charge in [-0.1, -0.05) is 42.5 Å². The van der Waals surface area contributed by atoms with Gasteiger partial charge in [0.05, 0.1) is 0 Å². The highest BCUT2D eigenvalue weighted by atomic mass is 16.5. The second-order valence-corrected chi connectivity index (χ2v) is 4.77. The molecule has 0 amide bonds. The van der Waals surface area contributed by atoms with Crippen molar-refractivity contribution in [2.24, 2.45) is 0 Å². The van der Waals surface area contributed by atoms with E-state index in [1.165, 1.54) is 5.56 Å². The van der Waals surface area contributed by atoms with E-state index < -0.39 is 6.10 Å². The summed E-state index contributed by atoms with van der Waals surface area (Å²) in [5.74, 6) is 0.799. The molecule has 1 heterocycles. The Morgan fingerprint density at radius 1 is 0.895 bits per heavy atom. The highest BCUT2D eigenvalue weighted by Gasteiger charge is 2.26. The molecule has 2 unspecified atom stereocenters. The lowest BCUT2D eigenvalue weighted by Crippen LogP contribution is -2.29. The SMILES string of the molecule is OC1CNCC1Oc1ccc(-c2ccccc2)cc1. The molecule has 0 bridgehead atoms. The van der Waals surface area contributed by atoms with Crippen LogP contribution in [0.4, 0.5) is 0 Å². The van der Waals surface area contributed by atoms with Crippen molar-refractivity contribution in [3.8, 4) is 16.9 Å². The van der Waals surface area contributed by atoms with Gasteiger partial charge in [-0.3, -0.25) is 0 Å². The number of β-amino-alcohol motifs (C(OH)–C–C–N with tert-alkyl or cyclic N) is 1. The Morgan fingerprint density at radius 2 is 1.58 bits per heavy atom. The van der Waals surface area contributed by atoms with E-state index >= 15 is 0 Å². The van der Waals surface area contributed by atoms with Crippen molar-refractivity contribution in [1.29, 1.82) is 0 Å². The van der Waals surface area contributed by atoms with Gasteiger partial charge in [-0.2, -0.15) is 0 Å². The van der Waals surface area contributed by atoms with Crippen LogP contribution in [-0.2, 0) is 0 Å². The van der Waals surface area contributed by atoms with Gasteiger partial charge in [-0.25, -0.2) is 0 Å². The lowest BCUT2D eigenvalue weighted by molar-refractivity contribution is 0.0738. The van der Waals surface area contributed by atoms with E-state index in [0.29, 0.717) is 13.1 Å². The first-order valence-corrected chi connectivity index (χ1v) is 6.54. The summed E-state index contributed by atoms with van der Waals surface area (Å²) in [6.45, 7) is 1.30. The average molecular weight is 255 g/mol. The Morgan fingerprint density at radius 3 is 2.21 bits per heavy atom. The summed E-state index contributed by atoms with van der Waals surface area (Å²) < 4.78 is 5.77. The summed E-state index contributed by atoms with van der Waals surface area (Å²) in [5.41, 5.74) is 2.36. The molecule has 1 aliphatic rings. The number of hydrogen-bond acceptors (Lipinski definition) is 3. The molecule has 3 heteroatoms. The standard InChI is InChI=1S/C16H17NO2/c18-15-10-17-11-16(15)19-14-8-6-13(7-9-14)12-4-2-1-3-5-12/h1-9,15-18H,10-11H2. The summed E-state index contributed by atoms with van der Waals surface area (Å²) in [5, 5.41) is 12.8. The molecule has 19 heavy (non-hydrogen) atoms. The van der Waals surface area contributed by atoms with Crippen LogP contribution in [0, 0.1) is 0 Å². The third-order valence-electron chi connectivity index (χ3n) is 3.38. The summed E-state index contributed by atoms with van der Waals surface area (Å²) >= 11 is 0. The highest BCUT2D eigenvalue weighted by molar-refractivity contribution is 5.63. The fourth-order valence-electron chi connectivity index (χ4n) is 2.29. The van der Waals surface area contributed by atoms with E-state index in [2.05, 4.69) is 17.4 Å². The van der Waals surface area contributed by atoms with Gasteiger partial charge in [0.25, 0.3) is 0 Å². The maximum Gasteiger partial charge on any atom is 0.138 e. The highest BCUT2D eigenvalue weighted by Crippen LogP contribution is 2.23. The van der Waals surface area contributed by atoms with Crippen LogP contribution < -0.4 is 10.1 Å². The van der Waals surface area contributed by atoms with Gasteiger partial charge in [-0.05, 0) is 23.3 Å². The fourth-order valence-corrected chi connectivity index (χ4v) is 2.29. The molecular weight excluding hydrogens is 238 g/mol. The molecule has 0 radical (unpaired) electrons. The lowest BCUT2D eigenvalue weighted by Gasteiger charge is -2.16. The van der Waals surface area contributed by atoms with E-state index in [9.17, 15) is 5.11 Å². The van der Waals surface area contributed by atoms with Crippen LogP contribution in [0.5, 0.6) is 5.75 Å². The molecule has 3 rings (SSSR count). The Hall–Kier alpha value is -1.84. The van der Waals surface area contributed by atoms with Crippen LogP contribution in [-0.4, -0.2) is 30.4 Å². The van der Waals surface area contributed by atoms with Gasteiger partial charge >= 0.3 is 0 Å². The van der Waals surface area contributed by atoms with Gasteiger partial charge in [0, 0.05) is 13.1 Å². The quantitative estimate of drug-likeness (QED) is 0.882. The van der Waals surface area contributed by atoms with Crippen molar-refractivity contribution in [1.82, 2.24) is 5.32 Å². The van der Waals surface area contributed by atoms with Crippen LogP contribution >= 0.6 is 0 Å². The molecule has 2 atom stereocenters. The molecule has 0 aliphatic carbocycles. The zero-order chi connectivity index (χ0) is 13.1. The molecule has 0 saturated carbocycles. The first kappa shape index (κ1) is 12.2. The van der Waals surface area contributed by atoms with Gasteiger partial charge in [0.15, 0.2) is 0 Å². The zero-order valence-corrected chi connectivity index (χ0v) is 10.6. The Kier molecular flexibility index (Phi) is 3.49. The molecule has 0 aromatic heterocycles. The summed E-state index contributed by atoms with van der Waals surface area (Å²) in [4.78, 5) is 0. The minimum Gasteiger partial charge on any atom is -0.486 e. The average Bonchev–Trinajstić information content (AvgIpc) is 2.86. The van der Waals surface area contributed by atoms with Gasteiger partial charge in [0.1, 0.15) is 18.0 Å². The Labute approximate surface area is 112 Å². The molecule has 2 aromatic carbocycles. The maximum absolute atomic E-state index is 9.70. The van der Waals surface area contributed by atoms with Gasteiger partial charge < -0.3 is 15.2 Å². The monoisotopic (exact) mass is 255 g/mol. The molecule has 98 valence electrons. The smallest absolute Gasteiger partial charge is 0.138 e. The summed E-state index contributed by atoms with van der Waals surface area (Å²) in [6.07, 6.45) is -0.573. The van der Waals surface area contributed by atoms with Crippen molar-refractivity contribution in [3.05, 3.63) is 54.6 Å². The number of aliphatic hydroxyl groups is 1.